The number of aliphatic hydroxyl groups excluding tert-OH is 1. The molecule has 8 heteroatoms. The van der Waals surface area contributed by atoms with Crippen molar-refractivity contribution in [2.45, 2.75) is 47.1 Å². The number of carbonyl (C=O) groups excluding carboxylic acids is 2. The number of likely N-dealkylation sites (N-methyl/N-ethyl adjacent to an activating group) is 1. The lowest BCUT2D eigenvalue weighted by Gasteiger charge is -2.29. The predicted molar refractivity (Wildman–Crippen MR) is 138 cm³/mol. The van der Waals surface area contributed by atoms with Crippen molar-refractivity contribution in [2.24, 2.45) is 5.92 Å². The Morgan fingerprint density at radius 3 is 2.47 bits per heavy atom. The second-order valence-corrected chi connectivity index (χ2v) is 9.37. The van der Waals surface area contributed by atoms with Crippen LogP contribution in [0.1, 0.15) is 62.0 Å². The van der Waals surface area contributed by atoms with Crippen LogP contribution in [0.2, 0.25) is 0 Å². The van der Waals surface area contributed by atoms with Crippen LogP contribution >= 0.6 is 0 Å². The third kappa shape index (κ3) is 5.93. The first-order chi connectivity index (χ1) is 17.2. The smallest absolute Gasteiger partial charge is 0.290 e. The van der Waals surface area contributed by atoms with Gasteiger partial charge in [0.1, 0.15) is 5.76 Å². The topological polar surface area (TPSA) is 92.5 Å². The van der Waals surface area contributed by atoms with Crippen molar-refractivity contribution in [3.05, 3.63) is 58.7 Å². The zero-order valence-corrected chi connectivity index (χ0v) is 22.2. The lowest BCUT2D eigenvalue weighted by atomic mass is 9.94. The van der Waals surface area contributed by atoms with Gasteiger partial charge in [-0.3, -0.25) is 9.59 Å². The number of benzene rings is 1. The third-order valence-corrected chi connectivity index (χ3v) is 6.52. The highest BCUT2D eigenvalue weighted by molar-refractivity contribution is 6.15. The van der Waals surface area contributed by atoms with E-state index in [4.69, 9.17) is 13.9 Å². The van der Waals surface area contributed by atoms with Crippen LogP contribution in [-0.4, -0.2) is 66.5 Å². The van der Waals surface area contributed by atoms with E-state index in [0.29, 0.717) is 48.4 Å². The molecule has 1 amide bonds. The van der Waals surface area contributed by atoms with E-state index in [-0.39, 0.29) is 11.3 Å². The van der Waals surface area contributed by atoms with Crippen molar-refractivity contribution in [3.63, 3.8) is 0 Å². The van der Waals surface area contributed by atoms with Crippen molar-refractivity contribution in [3.8, 4) is 11.5 Å². The van der Waals surface area contributed by atoms with Gasteiger partial charge in [0.25, 0.3) is 5.91 Å². The summed E-state index contributed by atoms with van der Waals surface area (Å²) < 4.78 is 17.1. The van der Waals surface area contributed by atoms with E-state index in [1.54, 1.807) is 43.2 Å². The number of hydrogen-bond acceptors (Lipinski definition) is 7. The fraction of sp³-hybridized carbons (Fsp3) is 0.500. The number of ether oxygens (including phenoxy) is 2. The van der Waals surface area contributed by atoms with E-state index in [0.717, 1.165) is 19.5 Å². The molecule has 196 valence electrons. The Balaban J connectivity index is 2.01. The standard InChI is InChI=1S/C28H38N2O6/c1-7-29(8-2)14-15-30-25(20-10-12-21(23(17-20)34-6)35-16-13-18(3)4)24(27(32)28(30)33)26(31)22-11-9-19(5)36-22/h9-12,17-18,25,32H,7-8,13-16H2,1-6H3. The maximum atomic E-state index is 13.5. The molecule has 0 radical (unpaired) electrons. The van der Waals surface area contributed by atoms with Crippen LogP contribution in [0, 0.1) is 12.8 Å². The van der Waals surface area contributed by atoms with Gasteiger partial charge < -0.3 is 28.8 Å². The number of carbonyl (C=O) groups is 2. The zero-order chi connectivity index (χ0) is 26.4. The third-order valence-electron chi connectivity index (χ3n) is 6.52. The van der Waals surface area contributed by atoms with Crippen LogP contribution in [0.3, 0.4) is 0 Å². The van der Waals surface area contributed by atoms with Gasteiger partial charge in [-0.25, -0.2) is 0 Å². The number of nitrogens with zero attached hydrogens (tertiary/aromatic N) is 2. The predicted octanol–water partition coefficient (Wildman–Crippen LogP) is 4.94. The van der Waals surface area contributed by atoms with E-state index in [2.05, 4.69) is 32.6 Å². The SMILES string of the molecule is CCN(CC)CCN1C(=O)C(O)=C(C(=O)c2ccc(C)o2)C1c1ccc(OCCC(C)C)c(OC)c1. The number of aliphatic hydroxyl groups is 1. The van der Waals surface area contributed by atoms with Crippen molar-refractivity contribution in [1.29, 1.82) is 0 Å². The summed E-state index contributed by atoms with van der Waals surface area (Å²) in [6.45, 7) is 13.3. The van der Waals surface area contributed by atoms with Gasteiger partial charge in [0, 0.05) is 13.1 Å². The monoisotopic (exact) mass is 498 g/mol. The van der Waals surface area contributed by atoms with Crippen LogP contribution < -0.4 is 9.47 Å². The minimum atomic E-state index is -0.787. The van der Waals surface area contributed by atoms with Crippen molar-refractivity contribution >= 4 is 11.7 Å². The van der Waals surface area contributed by atoms with Crippen molar-refractivity contribution < 1.29 is 28.6 Å². The summed E-state index contributed by atoms with van der Waals surface area (Å²) in [5.74, 6) is 0.611. The van der Waals surface area contributed by atoms with Crippen molar-refractivity contribution in [1.82, 2.24) is 9.80 Å². The van der Waals surface area contributed by atoms with E-state index < -0.39 is 23.5 Å². The fourth-order valence-corrected chi connectivity index (χ4v) is 4.32. The maximum Gasteiger partial charge on any atom is 0.290 e. The largest absolute Gasteiger partial charge is 0.503 e. The molecule has 1 atom stereocenters. The highest BCUT2D eigenvalue weighted by Gasteiger charge is 2.44. The Bertz CT molecular complexity index is 1100. The summed E-state index contributed by atoms with van der Waals surface area (Å²) in [5, 5.41) is 10.9. The van der Waals surface area contributed by atoms with E-state index >= 15 is 0 Å². The Labute approximate surface area is 213 Å². The molecule has 0 spiro atoms. The Kier molecular flexibility index (Phi) is 9.20. The van der Waals surface area contributed by atoms with Gasteiger partial charge in [-0.1, -0.05) is 33.8 Å². The van der Waals surface area contributed by atoms with Gasteiger partial charge in [-0.05, 0) is 62.2 Å². The van der Waals surface area contributed by atoms with E-state index in [1.165, 1.54) is 0 Å². The molecule has 1 aromatic heterocycles. The lowest BCUT2D eigenvalue weighted by molar-refractivity contribution is -0.129. The molecule has 0 saturated heterocycles. The van der Waals surface area contributed by atoms with Crippen LogP contribution in [0.5, 0.6) is 11.5 Å². The van der Waals surface area contributed by atoms with Crippen LogP contribution in [0.25, 0.3) is 0 Å². The fourth-order valence-electron chi connectivity index (χ4n) is 4.32. The zero-order valence-electron chi connectivity index (χ0n) is 22.2. The summed E-state index contributed by atoms with van der Waals surface area (Å²) in [6.07, 6.45) is 0.902. The molecule has 0 saturated carbocycles. The molecule has 1 aromatic carbocycles. The van der Waals surface area contributed by atoms with Gasteiger partial charge in [0.15, 0.2) is 23.0 Å². The average molecular weight is 499 g/mol. The number of ketones is 1. The molecule has 1 unspecified atom stereocenters. The number of hydrogen-bond donors (Lipinski definition) is 1. The summed E-state index contributed by atoms with van der Waals surface area (Å²) in [7, 11) is 1.55. The number of aryl methyl sites for hydroxylation is 1. The van der Waals surface area contributed by atoms with Crippen LogP contribution in [0.15, 0.2) is 46.1 Å². The van der Waals surface area contributed by atoms with Crippen LogP contribution in [0.4, 0.5) is 0 Å². The molecule has 0 aliphatic carbocycles. The number of furan rings is 1. The molecule has 3 rings (SSSR count). The van der Waals surface area contributed by atoms with Gasteiger partial charge in [-0.15, -0.1) is 0 Å². The number of Topliss-reactive ketones (excluding diaryl/α,β-unsaturated/α-hetero) is 1. The van der Waals surface area contributed by atoms with Gasteiger partial charge in [-0.2, -0.15) is 0 Å². The second-order valence-electron chi connectivity index (χ2n) is 9.37. The molecule has 2 aromatic rings. The summed E-state index contributed by atoms with van der Waals surface area (Å²) in [5.41, 5.74) is 0.649. The van der Waals surface area contributed by atoms with E-state index in [9.17, 15) is 14.7 Å². The molecular formula is C28H38N2O6. The molecular weight excluding hydrogens is 460 g/mol. The average Bonchev–Trinajstić information content (AvgIpc) is 3.40. The number of methoxy groups -OCH3 is 1. The van der Waals surface area contributed by atoms with Gasteiger partial charge in [0.2, 0.25) is 5.78 Å². The van der Waals surface area contributed by atoms with Crippen molar-refractivity contribution in [2.75, 3.05) is 39.9 Å². The van der Waals surface area contributed by atoms with Gasteiger partial charge in [0.05, 0.1) is 25.3 Å². The van der Waals surface area contributed by atoms with E-state index in [1.807, 2.05) is 6.07 Å². The first-order valence-corrected chi connectivity index (χ1v) is 12.6. The Morgan fingerprint density at radius 1 is 1.17 bits per heavy atom. The minimum Gasteiger partial charge on any atom is -0.503 e. The lowest BCUT2D eigenvalue weighted by Crippen LogP contribution is -2.38. The molecule has 0 fully saturated rings. The molecule has 1 N–H and O–H groups in total. The Morgan fingerprint density at radius 2 is 1.89 bits per heavy atom. The van der Waals surface area contributed by atoms with Gasteiger partial charge >= 0.3 is 0 Å². The summed E-state index contributed by atoms with van der Waals surface area (Å²) in [6, 6.07) is 7.83. The first-order valence-electron chi connectivity index (χ1n) is 12.6. The molecule has 2 heterocycles. The normalized spacial score (nSPS) is 15.9. The summed E-state index contributed by atoms with van der Waals surface area (Å²) in [4.78, 5) is 30.4. The molecule has 1 aliphatic heterocycles. The number of rotatable bonds is 13. The molecule has 8 nitrogen and oxygen atoms in total. The number of amides is 1. The highest BCUT2D eigenvalue weighted by Crippen LogP contribution is 2.41. The highest BCUT2D eigenvalue weighted by atomic mass is 16.5. The minimum absolute atomic E-state index is 0.00410. The first kappa shape index (κ1) is 27.3. The molecule has 0 bridgehead atoms. The second kappa shape index (κ2) is 12.1. The maximum absolute atomic E-state index is 13.5. The molecule has 1 aliphatic rings. The Hall–Kier alpha value is -3.26. The summed E-state index contributed by atoms with van der Waals surface area (Å²) >= 11 is 0. The van der Waals surface area contributed by atoms with Crippen LogP contribution in [-0.2, 0) is 4.79 Å². The molecule has 36 heavy (non-hydrogen) atoms. The quantitative estimate of drug-likeness (QED) is 0.391.